The van der Waals surface area contributed by atoms with Crippen LogP contribution in [0.25, 0.3) is 0 Å². The highest BCUT2D eigenvalue weighted by Gasteiger charge is 2.29. The fourth-order valence-electron chi connectivity index (χ4n) is 2.15. The van der Waals surface area contributed by atoms with Crippen molar-refractivity contribution in [2.24, 2.45) is 0 Å². The lowest BCUT2D eigenvalue weighted by Gasteiger charge is -2.26. The van der Waals surface area contributed by atoms with E-state index in [-0.39, 0.29) is 12.0 Å². The molecule has 1 aliphatic rings. The van der Waals surface area contributed by atoms with Gasteiger partial charge in [0.2, 0.25) is 0 Å². The Hall–Kier alpha value is -1.42. The Morgan fingerprint density at radius 1 is 1.41 bits per heavy atom. The summed E-state index contributed by atoms with van der Waals surface area (Å²) in [7, 11) is 0. The molecule has 1 aromatic rings. The second-order valence-electron chi connectivity index (χ2n) is 4.10. The summed E-state index contributed by atoms with van der Waals surface area (Å²) in [6, 6.07) is 10.1. The van der Waals surface area contributed by atoms with Gasteiger partial charge in [-0.2, -0.15) is 0 Å². The van der Waals surface area contributed by atoms with Crippen molar-refractivity contribution in [2.45, 2.75) is 25.8 Å². The minimum absolute atomic E-state index is 0.0382. The molecule has 1 saturated heterocycles. The minimum atomic E-state index is -0.338. The molecule has 0 aromatic heterocycles. The van der Waals surface area contributed by atoms with Crippen molar-refractivity contribution in [3.63, 3.8) is 0 Å². The third-order valence-corrected chi connectivity index (χ3v) is 3.21. The summed E-state index contributed by atoms with van der Waals surface area (Å²) < 4.78 is 5.04. The van der Waals surface area contributed by atoms with Gasteiger partial charge in [0.05, 0.1) is 6.04 Å². The van der Waals surface area contributed by atoms with Gasteiger partial charge in [0, 0.05) is 19.2 Å². The van der Waals surface area contributed by atoms with E-state index in [2.05, 4.69) is 17.0 Å². The van der Waals surface area contributed by atoms with Gasteiger partial charge in [-0.3, -0.25) is 4.79 Å². The number of nitrogens with zero attached hydrogens (tertiary/aromatic N) is 1. The molecule has 4 heteroatoms. The van der Waals surface area contributed by atoms with Crippen LogP contribution >= 0.6 is 12.2 Å². The molecule has 0 N–H and O–H groups in total. The molecule has 2 rings (SSSR count). The first kappa shape index (κ1) is 12.0. The van der Waals surface area contributed by atoms with Gasteiger partial charge in [-0.05, 0) is 37.2 Å². The first-order chi connectivity index (χ1) is 8.18. The van der Waals surface area contributed by atoms with E-state index in [0.29, 0.717) is 5.05 Å². The summed E-state index contributed by atoms with van der Waals surface area (Å²) in [5, 5.41) is 0.388. The number of carbonyl (C=O) groups excluding carboxylic acids is 1. The van der Waals surface area contributed by atoms with Crippen molar-refractivity contribution < 1.29 is 9.53 Å². The number of rotatable bonds is 2. The highest BCUT2D eigenvalue weighted by atomic mass is 32.1. The number of carbonyl (C=O) groups is 1. The van der Waals surface area contributed by atoms with E-state index in [4.69, 9.17) is 17.0 Å². The molecule has 0 bridgehead atoms. The summed E-state index contributed by atoms with van der Waals surface area (Å²) in [5.41, 5.74) is 1.13. The number of anilines is 1. The monoisotopic (exact) mass is 249 g/mol. The molecular formula is C13H15NO2S. The second-order valence-corrected chi connectivity index (χ2v) is 4.50. The minimum Gasteiger partial charge on any atom is -0.417 e. The predicted molar refractivity (Wildman–Crippen MR) is 71.2 cm³/mol. The van der Waals surface area contributed by atoms with Crippen LogP contribution in [0.4, 0.5) is 5.69 Å². The zero-order valence-electron chi connectivity index (χ0n) is 9.76. The molecule has 0 saturated carbocycles. The van der Waals surface area contributed by atoms with Gasteiger partial charge in [-0.1, -0.05) is 18.2 Å². The molecule has 1 aromatic carbocycles. The molecular weight excluding hydrogens is 234 g/mol. The molecule has 90 valence electrons. The maximum Gasteiger partial charge on any atom is 0.308 e. The Morgan fingerprint density at radius 2 is 2.12 bits per heavy atom. The number of ether oxygens (including phenoxy) is 1. The second kappa shape index (κ2) is 5.27. The highest BCUT2D eigenvalue weighted by Crippen LogP contribution is 2.26. The summed E-state index contributed by atoms with van der Waals surface area (Å²) in [5.74, 6) is -0.338. The lowest BCUT2D eigenvalue weighted by molar-refractivity contribution is -0.133. The molecule has 0 aliphatic carbocycles. The number of para-hydroxylation sites is 1. The van der Waals surface area contributed by atoms with Crippen molar-refractivity contribution in [1.82, 2.24) is 0 Å². The topological polar surface area (TPSA) is 29.5 Å². The largest absolute Gasteiger partial charge is 0.417 e. The summed E-state index contributed by atoms with van der Waals surface area (Å²) in [6.45, 7) is 2.34. The number of benzene rings is 1. The van der Waals surface area contributed by atoms with Crippen LogP contribution in [0.2, 0.25) is 0 Å². The summed E-state index contributed by atoms with van der Waals surface area (Å²) in [6.07, 6.45) is 2.02. The summed E-state index contributed by atoms with van der Waals surface area (Å²) >= 11 is 5.18. The standard InChI is InChI=1S/C13H15NO2S/c1-10(15)16-13(17)12-8-5-9-14(12)11-6-3-2-4-7-11/h2-4,6-7,12H,5,8-9H2,1H3/t12-/m0/s1. The highest BCUT2D eigenvalue weighted by molar-refractivity contribution is 7.80. The van der Waals surface area contributed by atoms with E-state index < -0.39 is 0 Å². The van der Waals surface area contributed by atoms with E-state index in [9.17, 15) is 4.79 Å². The Kier molecular flexibility index (Phi) is 3.74. The maximum atomic E-state index is 10.9. The Labute approximate surface area is 106 Å². The van der Waals surface area contributed by atoms with Gasteiger partial charge < -0.3 is 9.64 Å². The quantitative estimate of drug-likeness (QED) is 0.595. The molecule has 1 fully saturated rings. The Morgan fingerprint density at radius 3 is 2.76 bits per heavy atom. The van der Waals surface area contributed by atoms with Gasteiger partial charge in [-0.15, -0.1) is 0 Å². The van der Waals surface area contributed by atoms with Gasteiger partial charge >= 0.3 is 5.97 Å². The maximum absolute atomic E-state index is 10.9. The van der Waals surface area contributed by atoms with Gasteiger partial charge in [-0.25, -0.2) is 0 Å². The molecule has 0 unspecified atom stereocenters. The molecule has 0 spiro atoms. The molecule has 17 heavy (non-hydrogen) atoms. The number of thiocarbonyl (C=S) groups is 1. The number of hydrogen-bond donors (Lipinski definition) is 0. The van der Waals surface area contributed by atoms with E-state index in [0.717, 1.165) is 25.1 Å². The third kappa shape index (κ3) is 2.82. The van der Waals surface area contributed by atoms with Crippen LogP contribution in [0.5, 0.6) is 0 Å². The number of esters is 1. The molecule has 3 nitrogen and oxygen atoms in total. The fourth-order valence-corrected chi connectivity index (χ4v) is 2.51. The van der Waals surface area contributed by atoms with E-state index >= 15 is 0 Å². The molecule has 0 amide bonds. The lowest BCUT2D eigenvalue weighted by atomic mass is 10.2. The average molecular weight is 249 g/mol. The van der Waals surface area contributed by atoms with E-state index in [1.165, 1.54) is 6.92 Å². The zero-order chi connectivity index (χ0) is 12.3. The van der Waals surface area contributed by atoms with Crippen LogP contribution in [0, 0.1) is 0 Å². The average Bonchev–Trinajstić information content (AvgIpc) is 2.78. The van der Waals surface area contributed by atoms with Crippen LogP contribution in [0.3, 0.4) is 0 Å². The van der Waals surface area contributed by atoms with Crippen LogP contribution in [-0.2, 0) is 9.53 Å². The fraction of sp³-hybridized carbons (Fsp3) is 0.385. The van der Waals surface area contributed by atoms with E-state index in [1.807, 2.05) is 18.2 Å². The van der Waals surface area contributed by atoms with Gasteiger partial charge in [0.1, 0.15) is 0 Å². The summed E-state index contributed by atoms with van der Waals surface area (Å²) in [4.78, 5) is 13.1. The molecule has 1 heterocycles. The van der Waals surface area contributed by atoms with Crippen molar-refractivity contribution >= 4 is 28.9 Å². The first-order valence-electron chi connectivity index (χ1n) is 5.72. The Balaban J connectivity index is 2.13. The van der Waals surface area contributed by atoms with Crippen molar-refractivity contribution in [1.29, 1.82) is 0 Å². The van der Waals surface area contributed by atoms with Crippen LogP contribution < -0.4 is 4.90 Å². The van der Waals surface area contributed by atoms with Crippen molar-refractivity contribution in [3.8, 4) is 0 Å². The van der Waals surface area contributed by atoms with Crippen LogP contribution in [0.1, 0.15) is 19.8 Å². The third-order valence-electron chi connectivity index (χ3n) is 2.86. The van der Waals surface area contributed by atoms with Crippen molar-refractivity contribution in [2.75, 3.05) is 11.4 Å². The normalized spacial score (nSPS) is 19.1. The van der Waals surface area contributed by atoms with Crippen LogP contribution in [-0.4, -0.2) is 23.6 Å². The lowest BCUT2D eigenvalue weighted by Crippen LogP contribution is -2.37. The predicted octanol–water partition coefficient (Wildman–Crippen LogP) is 2.55. The van der Waals surface area contributed by atoms with Gasteiger partial charge in [0.25, 0.3) is 0 Å². The molecule has 0 radical (unpaired) electrons. The smallest absolute Gasteiger partial charge is 0.308 e. The van der Waals surface area contributed by atoms with E-state index in [1.54, 1.807) is 0 Å². The van der Waals surface area contributed by atoms with Crippen LogP contribution in [0.15, 0.2) is 30.3 Å². The van der Waals surface area contributed by atoms with Gasteiger partial charge in [0.15, 0.2) is 5.05 Å². The zero-order valence-corrected chi connectivity index (χ0v) is 10.6. The number of hydrogen-bond acceptors (Lipinski definition) is 4. The SMILES string of the molecule is CC(=O)OC(=S)[C@@H]1CCCN1c1ccccc1. The molecule has 1 aliphatic heterocycles. The first-order valence-corrected chi connectivity index (χ1v) is 6.13. The molecule has 1 atom stereocenters. The Bertz CT molecular complexity index is 419. The van der Waals surface area contributed by atoms with Crippen molar-refractivity contribution in [3.05, 3.63) is 30.3 Å².